The van der Waals surface area contributed by atoms with Crippen molar-refractivity contribution in [1.82, 2.24) is 0 Å². The first kappa shape index (κ1) is 29.6. The number of halogens is 6. The Hall–Kier alpha value is -2.98. The van der Waals surface area contributed by atoms with Gasteiger partial charge in [-0.25, -0.2) is 0 Å². The Balaban J connectivity index is 0.000000505. The average Bonchev–Trinajstić information content (AvgIpc) is 2.85. The maximum absolute atomic E-state index is 10.7. The fourth-order valence-corrected chi connectivity index (χ4v) is 3.86. The number of benzene rings is 3. The molecule has 0 aliphatic carbocycles. The van der Waals surface area contributed by atoms with Gasteiger partial charge < -0.3 is 19.3 Å². The third kappa shape index (κ3) is 9.72. The number of aliphatic hydroxyl groups excluding tert-OH is 1. The summed E-state index contributed by atoms with van der Waals surface area (Å²) in [5.74, 6) is 0.818. The van der Waals surface area contributed by atoms with Crippen molar-refractivity contribution in [2.45, 2.75) is 0 Å². The van der Waals surface area contributed by atoms with Crippen LogP contribution in [-0.2, 0) is 16.5 Å². The molecule has 208 valence electrons. The zero-order valence-corrected chi connectivity index (χ0v) is 21.4. The topological polar surface area (TPSA) is 51.8 Å². The van der Waals surface area contributed by atoms with E-state index in [-0.39, 0.29) is 6.61 Å². The second-order valence-corrected chi connectivity index (χ2v) is 10.2. The van der Waals surface area contributed by atoms with Crippen molar-refractivity contribution in [3.8, 4) is 16.9 Å². The minimum absolute atomic E-state index is 0.0338. The van der Waals surface area contributed by atoms with E-state index in [1.165, 1.54) is 27.4 Å². The van der Waals surface area contributed by atoms with E-state index in [2.05, 4.69) is 72.3 Å². The van der Waals surface area contributed by atoms with Crippen LogP contribution < -0.4 is 9.30 Å². The van der Waals surface area contributed by atoms with Gasteiger partial charge in [-0.05, 0) is 29.8 Å². The van der Waals surface area contributed by atoms with Crippen LogP contribution in [0.1, 0.15) is 0 Å². The second-order valence-electron chi connectivity index (χ2n) is 8.25. The molecule has 0 aliphatic heterocycles. The quantitative estimate of drug-likeness (QED) is 0.0725. The van der Waals surface area contributed by atoms with Crippen molar-refractivity contribution in [1.29, 1.82) is 0 Å². The molecule has 0 bridgehead atoms. The van der Waals surface area contributed by atoms with Gasteiger partial charge in [0.2, 0.25) is 11.0 Å². The number of aliphatic hydroxyl groups is 1. The Morgan fingerprint density at radius 2 is 1.11 bits per heavy atom. The number of aryl methyl sites for hydroxylation is 1. The summed E-state index contributed by atoms with van der Waals surface area (Å²) in [6, 6.07) is 25.3. The van der Waals surface area contributed by atoms with Gasteiger partial charge in [0.1, 0.15) is 19.4 Å². The van der Waals surface area contributed by atoms with Gasteiger partial charge in [0.15, 0.2) is 0 Å². The SMILES string of the molecule is C[n+]1c2ccccc2c(-c2ccc(OCCOCCOCCO)cc2)c2ccccc21.F[P-](F)(F)(F)(F)F. The standard InChI is InChI=1S/C26H28NO4.F6P/c1-27-24-8-4-2-6-22(24)26(23-7-3-5-9-25(23)27)20-10-12-21(13-11-20)31-19-18-30-17-16-29-15-14-28;1-7(2,3,4,5)6/h2-13,28H,14-19H2,1H3;/q+1;-1. The van der Waals surface area contributed by atoms with E-state index in [1.807, 2.05) is 12.1 Å². The molecule has 38 heavy (non-hydrogen) atoms. The molecule has 1 N–H and O–H groups in total. The Bertz CT molecular complexity index is 1300. The van der Waals surface area contributed by atoms with E-state index in [1.54, 1.807) is 0 Å². The van der Waals surface area contributed by atoms with Crippen molar-refractivity contribution in [2.24, 2.45) is 7.05 Å². The summed E-state index contributed by atoms with van der Waals surface area (Å²) in [6.07, 6.45) is 0. The van der Waals surface area contributed by atoms with Gasteiger partial charge in [0, 0.05) is 17.7 Å². The molecular formula is C26H28F6NO4P. The van der Waals surface area contributed by atoms with Crippen molar-refractivity contribution in [3.05, 3.63) is 72.8 Å². The van der Waals surface area contributed by atoms with Crippen LogP contribution in [0.5, 0.6) is 5.75 Å². The number of hydrogen-bond donors (Lipinski definition) is 1. The Morgan fingerprint density at radius 3 is 1.61 bits per heavy atom. The predicted octanol–water partition coefficient (Wildman–Crippen LogP) is 7.27. The van der Waals surface area contributed by atoms with E-state index >= 15 is 0 Å². The Kier molecular flexibility index (Phi) is 8.88. The summed E-state index contributed by atoms with van der Waals surface area (Å²) in [4.78, 5) is 0. The average molecular weight is 563 g/mol. The summed E-state index contributed by atoms with van der Waals surface area (Å²) in [5.41, 5.74) is 4.81. The molecule has 0 spiro atoms. The van der Waals surface area contributed by atoms with Gasteiger partial charge in [-0.2, -0.15) is 4.57 Å². The molecule has 0 radical (unpaired) electrons. The van der Waals surface area contributed by atoms with E-state index in [4.69, 9.17) is 19.3 Å². The number of ether oxygens (including phenoxy) is 3. The van der Waals surface area contributed by atoms with Crippen LogP contribution in [0.15, 0.2) is 72.8 Å². The first-order valence-corrected chi connectivity index (χ1v) is 13.6. The summed E-state index contributed by atoms with van der Waals surface area (Å²) >= 11 is 0. The Labute approximate surface area is 215 Å². The number of aromatic nitrogens is 1. The molecule has 0 fully saturated rings. The maximum atomic E-state index is 9.87. The molecule has 0 unspecified atom stereocenters. The molecule has 4 aromatic rings. The van der Waals surface area contributed by atoms with Gasteiger partial charge in [-0.3, -0.25) is 0 Å². The van der Waals surface area contributed by atoms with E-state index < -0.39 is 7.81 Å². The van der Waals surface area contributed by atoms with Crippen molar-refractivity contribution < 1.29 is 49.1 Å². The molecule has 0 saturated heterocycles. The second kappa shape index (κ2) is 11.4. The molecule has 0 aliphatic rings. The fourth-order valence-electron chi connectivity index (χ4n) is 3.86. The molecule has 5 nitrogen and oxygen atoms in total. The molecule has 1 aromatic heterocycles. The van der Waals surface area contributed by atoms with Crippen LogP contribution in [0.3, 0.4) is 0 Å². The van der Waals surface area contributed by atoms with Crippen molar-refractivity contribution in [2.75, 3.05) is 39.6 Å². The number of hydrogen-bond acceptors (Lipinski definition) is 4. The van der Waals surface area contributed by atoms with E-state index in [0.717, 1.165) is 11.3 Å². The molecule has 0 saturated carbocycles. The summed E-state index contributed by atoms with van der Waals surface area (Å²) in [6.45, 7) is 2.32. The first-order valence-electron chi connectivity index (χ1n) is 11.6. The number of para-hydroxylation sites is 2. The number of nitrogens with zero attached hydrogens (tertiary/aromatic N) is 1. The zero-order valence-electron chi connectivity index (χ0n) is 20.5. The van der Waals surface area contributed by atoms with Crippen LogP contribution >= 0.6 is 7.81 Å². The summed E-state index contributed by atoms with van der Waals surface area (Å²) < 4.78 is 77.9. The molecule has 0 amide bonds. The van der Waals surface area contributed by atoms with Crippen LogP contribution in [0.4, 0.5) is 25.2 Å². The Morgan fingerprint density at radius 1 is 0.658 bits per heavy atom. The molecule has 3 aromatic carbocycles. The summed E-state index contributed by atoms with van der Waals surface area (Å²) in [5, 5.41) is 11.1. The first-order chi connectivity index (χ1) is 17.7. The number of rotatable bonds is 10. The van der Waals surface area contributed by atoms with Gasteiger partial charge in [-0.15, -0.1) is 0 Å². The summed E-state index contributed by atoms with van der Waals surface area (Å²) in [7, 11) is -8.54. The monoisotopic (exact) mass is 563 g/mol. The van der Waals surface area contributed by atoms with Crippen LogP contribution in [-0.4, -0.2) is 44.7 Å². The molecule has 1 heterocycles. The fraction of sp³-hybridized carbons (Fsp3) is 0.269. The molecule has 12 heteroatoms. The van der Waals surface area contributed by atoms with Gasteiger partial charge >= 0.3 is 33.0 Å². The van der Waals surface area contributed by atoms with Crippen molar-refractivity contribution >= 4 is 29.6 Å². The van der Waals surface area contributed by atoms with Crippen LogP contribution in [0.25, 0.3) is 32.9 Å². The zero-order chi connectivity index (χ0) is 27.9. The normalized spacial score (nSPS) is 13.5. The van der Waals surface area contributed by atoms with Gasteiger partial charge in [0.05, 0.1) is 43.8 Å². The minimum atomic E-state index is -10.7. The van der Waals surface area contributed by atoms with Crippen molar-refractivity contribution in [3.63, 3.8) is 0 Å². The predicted molar refractivity (Wildman–Crippen MR) is 136 cm³/mol. The number of pyridine rings is 1. The number of fused-ring (bicyclic) bond motifs is 2. The van der Waals surface area contributed by atoms with Crippen LogP contribution in [0.2, 0.25) is 0 Å². The molecular weight excluding hydrogens is 535 g/mol. The third-order valence-corrected chi connectivity index (χ3v) is 5.32. The van der Waals surface area contributed by atoms with Crippen LogP contribution in [0, 0.1) is 0 Å². The van der Waals surface area contributed by atoms with Gasteiger partial charge in [0.25, 0.3) is 0 Å². The van der Waals surface area contributed by atoms with Gasteiger partial charge in [-0.1, -0.05) is 36.4 Å². The molecule has 4 rings (SSSR count). The van der Waals surface area contributed by atoms with E-state index in [9.17, 15) is 25.2 Å². The van der Waals surface area contributed by atoms with E-state index in [0.29, 0.717) is 33.0 Å². The molecule has 0 atom stereocenters. The third-order valence-electron chi connectivity index (χ3n) is 5.32.